The normalized spacial score (nSPS) is 12.4. The van der Waals surface area contributed by atoms with Crippen LogP contribution in [0.4, 0.5) is 5.82 Å². The summed E-state index contributed by atoms with van der Waals surface area (Å²) in [5.41, 5.74) is 1.89. The molecule has 1 aliphatic rings. The van der Waals surface area contributed by atoms with Crippen LogP contribution in [0.2, 0.25) is 0 Å². The minimum atomic E-state index is 0.252. The summed E-state index contributed by atoms with van der Waals surface area (Å²) < 4.78 is 16.3. The number of fused-ring (bicyclic) bond motifs is 3. The Morgan fingerprint density at radius 3 is 2.96 bits per heavy atom. The summed E-state index contributed by atoms with van der Waals surface area (Å²) in [6, 6.07) is 9.83. The smallest absolute Gasteiger partial charge is 0.230 e. The molecule has 1 N–H and O–H groups in total. The van der Waals surface area contributed by atoms with Gasteiger partial charge in [-0.1, -0.05) is 0 Å². The first kappa shape index (κ1) is 15.8. The van der Waals surface area contributed by atoms with Crippen molar-refractivity contribution in [3.8, 4) is 17.2 Å². The maximum absolute atomic E-state index is 5.54. The van der Waals surface area contributed by atoms with E-state index >= 15 is 0 Å². The number of methoxy groups -OCH3 is 1. The van der Waals surface area contributed by atoms with Crippen molar-refractivity contribution in [3.05, 3.63) is 42.2 Å². The molecule has 0 unspecified atom stereocenters. The van der Waals surface area contributed by atoms with Gasteiger partial charge >= 0.3 is 0 Å². The van der Waals surface area contributed by atoms with E-state index in [4.69, 9.17) is 14.2 Å². The molecule has 3 aromatic rings. The lowest BCUT2D eigenvalue weighted by Gasteiger charge is -2.19. The molecule has 0 fully saturated rings. The van der Waals surface area contributed by atoms with E-state index in [0.717, 1.165) is 44.4 Å². The van der Waals surface area contributed by atoms with Gasteiger partial charge in [-0.25, -0.2) is 9.97 Å². The number of hydrogen-bond acceptors (Lipinski definition) is 7. The van der Waals surface area contributed by atoms with Gasteiger partial charge in [0.25, 0.3) is 0 Å². The fourth-order valence-corrected chi connectivity index (χ4v) is 3.35. The Hall–Kier alpha value is -2.67. The first-order chi connectivity index (χ1) is 12.3. The summed E-state index contributed by atoms with van der Waals surface area (Å²) in [4.78, 5) is 9.80. The number of anilines is 1. The number of thioether (sulfide) groups is 1. The molecule has 0 radical (unpaired) electrons. The van der Waals surface area contributed by atoms with E-state index in [-0.39, 0.29) is 6.79 Å². The van der Waals surface area contributed by atoms with Crippen LogP contribution in [0.15, 0.2) is 41.6 Å². The van der Waals surface area contributed by atoms with Crippen LogP contribution in [0.1, 0.15) is 5.56 Å². The zero-order chi connectivity index (χ0) is 17.2. The van der Waals surface area contributed by atoms with Gasteiger partial charge in [-0.2, -0.15) is 0 Å². The summed E-state index contributed by atoms with van der Waals surface area (Å²) in [7, 11) is 1.67. The van der Waals surface area contributed by atoms with Crippen LogP contribution < -0.4 is 19.5 Å². The lowest BCUT2D eigenvalue weighted by Crippen LogP contribution is -2.13. The molecule has 2 aromatic carbocycles. The third-order valence-corrected chi connectivity index (χ3v) is 4.82. The monoisotopic (exact) mass is 355 g/mol. The highest BCUT2D eigenvalue weighted by molar-refractivity contribution is 7.98. The predicted molar refractivity (Wildman–Crippen MR) is 97.8 cm³/mol. The van der Waals surface area contributed by atoms with Crippen molar-refractivity contribution in [2.45, 2.75) is 11.4 Å². The Morgan fingerprint density at radius 1 is 1.20 bits per heavy atom. The molecule has 1 aliphatic heterocycles. The van der Waals surface area contributed by atoms with Crippen LogP contribution in [0.3, 0.4) is 0 Å². The van der Waals surface area contributed by atoms with Gasteiger partial charge in [0.05, 0.1) is 12.6 Å². The molecule has 0 saturated heterocycles. The van der Waals surface area contributed by atoms with E-state index < -0.39 is 0 Å². The van der Waals surface area contributed by atoms with Gasteiger partial charge < -0.3 is 19.5 Å². The van der Waals surface area contributed by atoms with E-state index in [1.54, 1.807) is 25.2 Å². The lowest BCUT2D eigenvalue weighted by atomic mass is 10.1. The van der Waals surface area contributed by atoms with E-state index in [1.807, 2.05) is 30.5 Å². The Balaban J connectivity index is 1.65. The SMILES string of the molecule is COc1cc2ncnc(NCc3ccc4cc3OCO4)c2cc1SC. The topological polar surface area (TPSA) is 65.5 Å². The molecular weight excluding hydrogens is 338 g/mol. The number of hydrogen-bond donors (Lipinski definition) is 1. The number of aromatic nitrogens is 2. The van der Waals surface area contributed by atoms with Crippen LogP contribution in [0.25, 0.3) is 10.9 Å². The Labute approximate surface area is 149 Å². The third kappa shape index (κ3) is 3.02. The van der Waals surface area contributed by atoms with E-state index in [9.17, 15) is 0 Å². The third-order valence-electron chi connectivity index (χ3n) is 4.07. The standard InChI is InChI=1S/C18H17N3O3S/c1-22-16-7-14-13(6-17(16)25-2)18(21-9-20-14)19-8-11-3-4-12-5-15(11)24-10-23-12/h3-7,9H,8,10H2,1-2H3,(H,19,20,21). The number of nitrogens with one attached hydrogen (secondary N) is 1. The molecule has 0 spiro atoms. The second-order valence-corrected chi connectivity index (χ2v) is 6.32. The van der Waals surface area contributed by atoms with Gasteiger partial charge in [0.1, 0.15) is 29.4 Å². The van der Waals surface area contributed by atoms with Crippen LogP contribution in [-0.2, 0) is 6.54 Å². The van der Waals surface area contributed by atoms with Gasteiger partial charge in [0.15, 0.2) is 0 Å². The van der Waals surface area contributed by atoms with Crippen LogP contribution in [0, 0.1) is 0 Å². The minimum absolute atomic E-state index is 0.252. The molecule has 0 amide bonds. The van der Waals surface area contributed by atoms with Crippen LogP contribution in [-0.4, -0.2) is 30.1 Å². The van der Waals surface area contributed by atoms with Gasteiger partial charge in [-0.3, -0.25) is 0 Å². The number of ether oxygens (including phenoxy) is 3. The average molecular weight is 355 g/mol. The first-order valence-corrected chi connectivity index (χ1v) is 9.00. The van der Waals surface area contributed by atoms with Crippen LogP contribution >= 0.6 is 11.8 Å². The molecule has 1 aromatic heterocycles. The highest BCUT2D eigenvalue weighted by atomic mass is 32.2. The molecule has 7 heteroatoms. The molecule has 128 valence electrons. The van der Waals surface area contributed by atoms with Gasteiger partial charge in [0, 0.05) is 34.5 Å². The maximum atomic E-state index is 5.54. The highest BCUT2D eigenvalue weighted by Crippen LogP contribution is 2.34. The van der Waals surface area contributed by atoms with E-state index in [1.165, 1.54) is 0 Å². The molecule has 4 rings (SSSR count). The van der Waals surface area contributed by atoms with Crippen molar-refractivity contribution in [2.75, 3.05) is 25.5 Å². The molecular formula is C18H17N3O3S. The van der Waals surface area contributed by atoms with Crippen LogP contribution in [0.5, 0.6) is 17.2 Å². The molecule has 6 nitrogen and oxygen atoms in total. The van der Waals surface area contributed by atoms with Crippen molar-refractivity contribution in [1.29, 1.82) is 0 Å². The van der Waals surface area contributed by atoms with Gasteiger partial charge in [-0.05, 0) is 24.5 Å². The van der Waals surface area contributed by atoms with Gasteiger partial charge in [-0.15, -0.1) is 11.8 Å². The average Bonchev–Trinajstić information content (AvgIpc) is 2.66. The molecule has 0 atom stereocenters. The Morgan fingerprint density at radius 2 is 2.12 bits per heavy atom. The van der Waals surface area contributed by atoms with Crippen molar-refractivity contribution < 1.29 is 14.2 Å². The summed E-state index contributed by atoms with van der Waals surface area (Å²) in [6.45, 7) is 0.852. The fourth-order valence-electron chi connectivity index (χ4n) is 2.77. The summed E-state index contributed by atoms with van der Waals surface area (Å²) in [5.74, 6) is 3.26. The van der Waals surface area contributed by atoms with Crippen molar-refractivity contribution in [3.63, 3.8) is 0 Å². The maximum Gasteiger partial charge on any atom is 0.230 e. The van der Waals surface area contributed by atoms with E-state index in [0.29, 0.717) is 6.54 Å². The summed E-state index contributed by atoms with van der Waals surface area (Å²) in [6.07, 6.45) is 3.58. The lowest BCUT2D eigenvalue weighted by molar-refractivity contribution is 0.104. The molecule has 2 bridgehead atoms. The highest BCUT2D eigenvalue weighted by Gasteiger charge is 2.13. The first-order valence-electron chi connectivity index (χ1n) is 7.77. The summed E-state index contributed by atoms with van der Waals surface area (Å²) in [5, 5.41) is 4.35. The zero-order valence-corrected chi connectivity index (χ0v) is 14.7. The number of benzene rings is 2. The van der Waals surface area contributed by atoms with Gasteiger partial charge in [0.2, 0.25) is 6.79 Å². The second-order valence-electron chi connectivity index (χ2n) is 5.48. The number of rotatable bonds is 5. The zero-order valence-electron chi connectivity index (χ0n) is 13.9. The quantitative estimate of drug-likeness (QED) is 0.700. The summed E-state index contributed by atoms with van der Waals surface area (Å²) >= 11 is 1.63. The molecule has 0 saturated carbocycles. The number of nitrogens with zero attached hydrogens (tertiary/aromatic N) is 2. The Kier molecular flexibility index (Phi) is 4.23. The minimum Gasteiger partial charge on any atom is -0.496 e. The molecule has 25 heavy (non-hydrogen) atoms. The van der Waals surface area contributed by atoms with E-state index in [2.05, 4.69) is 21.4 Å². The molecule has 0 aliphatic carbocycles. The fraction of sp³-hybridized carbons (Fsp3) is 0.222. The van der Waals surface area contributed by atoms with Crippen molar-refractivity contribution >= 4 is 28.5 Å². The molecule has 2 heterocycles. The second kappa shape index (κ2) is 6.68. The van der Waals surface area contributed by atoms with Crippen molar-refractivity contribution in [1.82, 2.24) is 9.97 Å². The largest absolute Gasteiger partial charge is 0.496 e. The predicted octanol–water partition coefficient (Wildman–Crippen LogP) is 3.70. The van der Waals surface area contributed by atoms with Crippen molar-refractivity contribution in [2.24, 2.45) is 0 Å². The Bertz CT molecular complexity index is 933.